The summed E-state index contributed by atoms with van der Waals surface area (Å²) in [5.41, 5.74) is -5.52. The van der Waals surface area contributed by atoms with Crippen LogP contribution in [0.1, 0.15) is 23.0 Å². The van der Waals surface area contributed by atoms with Crippen molar-refractivity contribution in [2.45, 2.75) is 13.1 Å². The van der Waals surface area contributed by atoms with Crippen LogP contribution in [0.3, 0.4) is 0 Å². The van der Waals surface area contributed by atoms with Gasteiger partial charge in [0.1, 0.15) is 23.6 Å². The number of halogens is 5. The number of carbonyl (C=O) groups excluding carboxylic acids is 1. The third-order valence-corrected chi connectivity index (χ3v) is 4.04. The molecule has 0 bridgehead atoms. The molecule has 0 saturated carbocycles. The molecule has 0 fully saturated rings. The van der Waals surface area contributed by atoms with Crippen molar-refractivity contribution in [1.82, 2.24) is 24.6 Å². The summed E-state index contributed by atoms with van der Waals surface area (Å²) in [6.45, 7) is 0.897. The van der Waals surface area contributed by atoms with Crippen molar-refractivity contribution in [3.63, 3.8) is 0 Å². The second-order valence-corrected chi connectivity index (χ2v) is 6.10. The van der Waals surface area contributed by atoms with E-state index in [0.29, 0.717) is 4.68 Å². The average Bonchev–Trinajstić information content (AvgIpc) is 3.09. The van der Waals surface area contributed by atoms with Crippen molar-refractivity contribution < 1.29 is 31.8 Å². The molecule has 2 heterocycles. The Balaban J connectivity index is 2.27. The summed E-state index contributed by atoms with van der Waals surface area (Å²) >= 11 is 5.85. The number of esters is 1. The molecule has 0 atom stereocenters. The summed E-state index contributed by atoms with van der Waals surface area (Å²) in [4.78, 5) is 24.8. The van der Waals surface area contributed by atoms with E-state index in [0.717, 1.165) is 12.1 Å². The number of benzene rings is 1. The number of terminal acetylenes is 1. The van der Waals surface area contributed by atoms with Crippen LogP contribution in [0.4, 0.5) is 17.6 Å². The van der Waals surface area contributed by atoms with E-state index in [-0.39, 0.29) is 28.5 Å². The first-order valence-electron chi connectivity index (χ1n) is 8.28. The van der Waals surface area contributed by atoms with Crippen molar-refractivity contribution in [3.8, 4) is 23.8 Å². The van der Waals surface area contributed by atoms with Crippen LogP contribution >= 0.6 is 11.6 Å². The van der Waals surface area contributed by atoms with Crippen molar-refractivity contribution in [2.75, 3.05) is 13.2 Å². The number of ether oxygens (including phenoxy) is 2. The van der Waals surface area contributed by atoms with Gasteiger partial charge in [0.05, 0.1) is 11.6 Å². The SMILES string of the molecule is C#CCOc1cc(-n2nnc3c(C(=O)OCC)c(C(F)(F)F)nn3c2=O)c(F)cc1Cl. The van der Waals surface area contributed by atoms with Gasteiger partial charge in [0.15, 0.2) is 17.2 Å². The van der Waals surface area contributed by atoms with Gasteiger partial charge in [-0.2, -0.15) is 27.5 Å². The number of fused-ring (bicyclic) bond motifs is 1. The monoisotopic (exact) mass is 459 g/mol. The summed E-state index contributed by atoms with van der Waals surface area (Å²) in [5.74, 6) is -0.427. The molecule has 0 unspecified atom stereocenters. The van der Waals surface area contributed by atoms with Gasteiger partial charge in [0.2, 0.25) is 0 Å². The summed E-state index contributed by atoms with van der Waals surface area (Å²) in [7, 11) is 0. The van der Waals surface area contributed by atoms with E-state index >= 15 is 0 Å². The lowest BCUT2D eigenvalue weighted by molar-refractivity contribution is -0.141. The van der Waals surface area contributed by atoms with Crippen LogP contribution in [0.25, 0.3) is 11.3 Å². The highest BCUT2D eigenvalue weighted by Crippen LogP contribution is 2.33. The molecule has 2 aromatic heterocycles. The van der Waals surface area contributed by atoms with Crippen molar-refractivity contribution in [2.24, 2.45) is 0 Å². The molecule has 0 N–H and O–H groups in total. The van der Waals surface area contributed by atoms with E-state index in [1.165, 1.54) is 6.92 Å². The Hall–Kier alpha value is -3.66. The Labute approximate surface area is 175 Å². The minimum atomic E-state index is -5.12. The zero-order valence-corrected chi connectivity index (χ0v) is 16.2. The van der Waals surface area contributed by atoms with Crippen LogP contribution in [-0.4, -0.2) is 43.8 Å². The highest BCUT2D eigenvalue weighted by atomic mass is 35.5. The number of rotatable bonds is 5. The molecule has 0 radical (unpaired) electrons. The van der Waals surface area contributed by atoms with Gasteiger partial charge in [0.25, 0.3) is 0 Å². The second kappa shape index (κ2) is 8.23. The molecule has 0 aliphatic heterocycles. The molecule has 3 aromatic rings. The largest absolute Gasteiger partial charge is 0.479 e. The summed E-state index contributed by atoms with van der Waals surface area (Å²) in [6, 6.07) is 1.74. The summed E-state index contributed by atoms with van der Waals surface area (Å²) < 4.78 is 64.8. The molecular formula is C17H10ClF4N5O4. The molecule has 0 aliphatic carbocycles. The number of aromatic nitrogens is 5. The molecular weight excluding hydrogens is 450 g/mol. The maximum atomic E-state index is 14.4. The third-order valence-electron chi connectivity index (χ3n) is 3.74. The molecule has 9 nitrogen and oxygen atoms in total. The van der Waals surface area contributed by atoms with E-state index in [2.05, 4.69) is 26.1 Å². The van der Waals surface area contributed by atoms with Crippen molar-refractivity contribution in [3.05, 3.63) is 44.7 Å². The van der Waals surface area contributed by atoms with E-state index in [1.54, 1.807) is 0 Å². The van der Waals surface area contributed by atoms with Crippen LogP contribution in [0, 0.1) is 18.2 Å². The highest BCUT2D eigenvalue weighted by molar-refractivity contribution is 6.32. The lowest BCUT2D eigenvalue weighted by atomic mass is 10.2. The van der Waals surface area contributed by atoms with Crippen LogP contribution in [0.2, 0.25) is 5.02 Å². The van der Waals surface area contributed by atoms with Crippen LogP contribution < -0.4 is 10.4 Å². The zero-order chi connectivity index (χ0) is 22.9. The van der Waals surface area contributed by atoms with Gasteiger partial charge in [-0.1, -0.05) is 22.7 Å². The topological polar surface area (TPSA) is 101 Å². The standard InChI is InChI=1S/C17H10ClF4N5O4/c1-3-5-31-11-7-10(9(19)6-8(11)18)26-16(29)27-14(23-25-26)12(15(28)30-4-2)13(24-27)17(20,21)22/h1,6-7H,4-5H2,2H3. The lowest BCUT2D eigenvalue weighted by Crippen LogP contribution is -2.30. The first kappa shape index (κ1) is 22.0. The van der Waals surface area contributed by atoms with Crippen LogP contribution in [-0.2, 0) is 10.9 Å². The number of nitrogens with zero attached hydrogens (tertiary/aromatic N) is 5. The Bertz CT molecular complexity index is 1280. The first-order valence-corrected chi connectivity index (χ1v) is 8.66. The number of hydrogen-bond acceptors (Lipinski definition) is 7. The maximum absolute atomic E-state index is 14.4. The molecule has 31 heavy (non-hydrogen) atoms. The molecule has 0 saturated heterocycles. The Morgan fingerprint density at radius 2 is 2.06 bits per heavy atom. The summed E-state index contributed by atoms with van der Waals surface area (Å²) in [5, 5.41) is 9.84. The predicted octanol–water partition coefficient (Wildman–Crippen LogP) is 2.28. The number of hydrogen-bond donors (Lipinski definition) is 0. The molecule has 0 amide bonds. The highest BCUT2D eigenvalue weighted by Gasteiger charge is 2.42. The smallest absolute Gasteiger partial charge is 0.436 e. The van der Waals surface area contributed by atoms with Gasteiger partial charge in [-0.15, -0.1) is 11.5 Å². The van der Waals surface area contributed by atoms with Crippen molar-refractivity contribution in [1.29, 1.82) is 0 Å². The van der Waals surface area contributed by atoms with Gasteiger partial charge in [-0.25, -0.2) is 14.0 Å². The molecule has 3 rings (SSSR count). The van der Waals surface area contributed by atoms with Crippen LogP contribution in [0.15, 0.2) is 16.9 Å². The molecule has 0 spiro atoms. The number of carbonyl (C=O) groups is 1. The fraction of sp³-hybridized carbons (Fsp3) is 0.235. The normalized spacial score (nSPS) is 11.4. The Morgan fingerprint density at radius 3 is 2.68 bits per heavy atom. The Kier molecular flexibility index (Phi) is 5.85. The molecule has 1 aromatic carbocycles. The Morgan fingerprint density at radius 1 is 1.35 bits per heavy atom. The van der Waals surface area contributed by atoms with E-state index in [4.69, 9.17) is 22.8 Å². The lowest BCUT2D eigenvalue weighted by Gasteiger charge is -2.10. The minimum absolute atomic E-state index is 0.117. The van der Waals surface area contributed by atoms with E-state index < -0.39 is 46.2 Å². The third kappa shape index (κ3) is 4.02. The maximum Gasteiger partial charge on any atom is 0.436 e. The quantitative estimate of drug-likeness (QED) is 0.328. The van der Waals surface area contributed by atoms with Gasteiger partial charge in [0, 0.05) is 6.07 Å². The minimum Gasteiger partial charge on any atom is -0.479 e. The van der Waals surface area contributed by atoms with Crippen LogP contribution in [0.5, 0.6) is 5.75 Å². The first-order chi connectivity index (χ1) is 14.6. The predicted molar refractivity (Wildman–Crippen MR) is 96.6 cm³/mol. The average molecular weight is 460 g/mol. The fourth-order valence-electron chi connectivity index (χ4n) is 2.50. The van der Waals surface area contributed by atoms with Gasteiger partial charge >= 0.3 is 17.8 Å². The second-order valence-electron chi connectivity index (χ2n) is 5.69. The van der Waals surface area contributed by atoms with Crippen molar-refractivity contribution >= 4 is 23.2 Å². The van der Waals surface area contributed by atoms with E-state index in [9.17, 15) is 27.2 Å². The van der Waals surface area contributed by atoms with E-state index in [1.807, 2.05) is 0 Å². The number of alkyl halides is 3. The molecule has 162 valence electrons. The zero-order valence-electron chi connectivity index (χ0n) is 15.4. The van der Waals surface area contributed by atoms with Gasteiger partial charge in [-0.05, 0) is 13.0 Å². The van der Waals surface area contributed by atoms with Gasteiger partial charge in [-0.3, -0.25) is 0 Å². The fourth-order valence-corrected chi connectivity index (χ4v) is 2.71. The molecule has 0 aliphatic rings. The molecule has 14 heteroatoms. The summed E-state index contributed by atoms with van der Waals surface area (Å²) in [6.07, 6.45) is -0.0379. The van der Waals surface area contributed by atoms with Gasteiger partial charge < -0.3 is 9.47 Å².